The van der Waals surface area contributed by atoms with Crippen LogP contribution in [0.1, 0.15) is 16.7 Å². The quantitative estimate of drug-likeness (QED) is 0.715. The van der Waals surface area contributed by atoms with Crippen LogP contribution >= 0.6 is 0 Å². The number of rotatable bonds is 4. The number of nitrogens with zero attached hydrogens (tertiary/aromatic N) is 2. The van der Waals surface area contributed by atoms with E-state index in [-0.39, 0.29) is 43.7 Å². The lowest BCUT2D eigenvalue weighted by atomic mass is 10.1. The minimum absolute atomic E-state index is 0.0591. The van der Waals surface area contributed by atoms with E-state index in [4.69, 9.17) is 14.2 Å². The average molecular weight is 449 g/mol. The largest absolute Gasteiger partial charge is 0.454 e. The van der Waals surface area contributed by atoms with Crippen LogP contribution in [0.4, 0.5) is 4.39 Å². The number of likely N-dealkylation sites (tertiary alicyclic amines) is 1. The van der Waals surface area contributed by atoms with Crippen molar-refractivity contribution in [2.45, 2.75) is 32.2 Å². The second-order valence-electron chi connectivity index (χ2n) is 8.36. The molecule has 2 saturated heterocycles. The third-order valence-electron chi connectivity index (χ3n) is 6.00. The number of aryl methyl sites for hydroxylation is 1. The highest BCUT2D eigenvalue weighted by atomic mass is 32.2. The van der Waals surface area contributed by atoms with Gasteiger partial charge < -0.3 is 14.2 Å². The standard InChI is InChI=1S/C22H25FN2O5S/c1-15-6-17(8-18(23)7-15)11-25-19-12-24(13-22(19)28-4-5-31(25,26)27)10-16-2-3-20-21(9-16)30-14-29-20/h2-3,6-9,19,22H,4-5,10-14H2,1H3/t19-,22+/m1/s1. The van der Waals surface area contributed by atoms with Crippen LogP contribution in [0.15, 0.2) is 36.4 Å². The summed E-state index contributed by atoms with van der Waals surface area (Å²) >= 11 is 0. The number of hydrogen-bond acceptors (Lipinski definition) is 6. The van der Waals surface area contributed by atoms with E-state index in [1.165, 1.54) is 16.4 Å². The Bertz CT molecular complexity index is 1070. The maximum Gasteiger partial charge on any atom is 0.231 e. The van der Waals surface area contributed by atoms with Gasteiger partial charge in [0.1, 0.15) is 5.82 Å². The monoisotopic (exact) mass is 448 g/mol. The Labute approximate surface area is 181 Å². The van der Waals surface area contributed by atoms with Gasteiger partial charge in [0.05, 0.1) is 24.5 Å². The Morgan fingerprint density at radius 1 is 1.03 bits per heavy atom. The van der Waals surface area contributed by atoms with Crippen LogP contribution in [-0.4, -0.2) is 62.0 Å². The van der Waals surface area contributed by atoms with E-state index in [0.717, 1.165) is 22.6 Å². The van der Waals surface area contributed by atoms with E-state index < -0.39 is 10.0 Å². The molecule has 0 saturated carbocycles. The molecule has 7 nitrogen and oxygen atoms in total. The van der Waals surface area contributed by atoms with Gasteiger partial charge in [0.25, 0.3) is 0 Å². The highest BCUT2D eigenvalue weighted by Crippen LogP contribution is 2.34. The first-order valence-corrected chi connectivity index (χ1v) is 12.0. The van der Waals surface area contributed by atoms with Gasteiger partial charge in [0.2, 0.25) is 16.8 Å². The molecule has 0 aliphatic carbocycles. The third-order valence-corrected chi connectivity index (χ3v) is 7.79. The van der Waals surface area contributed by atoms with Crippen molar-refractivity contribution in [3.8, 4) is 11.5 Å². The van der Waals surface area contributed by atoms with Crippen LogP contribution in [0.25, 0.3) is 0 Å². The van der Waals surface area contributed by atoms with Gasteiger partial charge in [-0.2, -0.15) is 4.31 Å². The molecule has 2 fully saturated rings. The minimum atomic E-state index is -3.52. The molecule has 0 N–H and O–H groups in total. The van der Waals surface area contributed by atoms with Gasteiger partial charge >= 0.3 is 0 Å². The summed E-state index contributed by atoms with van der Waals surface area (Å²) in [4.78, 5) is 2.19. The summed E-state index contributed by atoms with van der Waals surface area (Å²) in [5.74, 6) is 1.05. The van der Waals surface area contributed by atoms with Gasteiger partial charge in [0.15, 0.2) is 11.5 Å². The fraction of sp³-hybridized carbons (Fsp3) is 0.455. The molecule has 2 aromatic carbocycles. The number of sulfonamides is 1. The fourth-order valence-electron chi connectivity index (χ4n) is 4.63. The topological polar surface area (TPSA) is 68.3 Å². The molecule has 0 amide bonds. The first kappa shape index (κ1) is 20.7. The summed E-state index contributed by atoms with van der Waals surface area (Å²) in [5.41, 5.74) is 2.48. The van der Waals surface area contributed by atoms with Crippen LogP contribution in [0.2, 0.25) is 0 Å². The normalized spacial score (nSPS) is 25.4. The first-order chi connectivity index (χ1) is 14.9. The summed E-state index contributed by atoms with van der Waals surface area (Å²) in [6.07, 6.45) is -0.221. The van der Waals surface area contributed by atoms with Gasteiger partial charge in [0, 0.05) is 26.2 Å². The molecule has 0 aromatic heterocycles. The zero-order valence-corrected chi connectivity index (χ0v) is 18.1. The molecule has 0 spiro atoms. The lowest BCUT2D eigenvalue weighted by Crippen LogP contribution is -2.45. The van der Waals surface area contributed by atoms with Crippen LogP contribution in [0, 0.1) is 12.7 Å². The molecule has 31 heavy (non-hydrogen) atoms. The summed E-state index contributed by atoms with van der Waals surface area (Å²) < 4.78 is 58.2. The zero-order valence-electron chi connectivity index (χ0n) is 17.3. The van der Waals surface area contributed by atoms with E-state index in [1.54, 1.807) is 6.92 Å². The molecular weight excluding hydrogens is 423 g/mol. The molecule has 3 heterocycles. The van der Waals surface area contributed by atoms with Crippen molar-refractivity contribution < 1.29 is 27.0 Å². The maximum absolute atomic E-state index is 13.9. The van der Waals surface area contributed by atoms with Crippen molar-refractivity contribution >= 4 is 10.0 Å². The molecule has 3 aliphatic heterocycles. The number of halogens is 1. The van der Waals surface area contributed by atoms with E-state index >= 15 is 0 Å². The Kier molecular flexibility index (Phi) is 5.37. The Morgan fingerprint density at radius 2 is 1.87 bits per heavy atom. The number of benzene rings is 2. The molecular formula is C22H25FN2O5S. The van der Waals surface area contributed by atoms with Crippen molar-refractivity contribution in [1.29, 1.82) is 0 Å². The van der Waals surface area contributed by atoms with Crippen molar-refractivity contribution in [1.82, 2.24) is 9.21 Å². The smallest absolute Gasteiger partial charge is 0.231 e. The van der Waals surface area contributed by atoms with Crippen molar-refractivity contribution in [3.63, 3.8) is 0 Å². The van der Waals surface area contributed by atoms with Crippen molar-refractivity contribution in [3.05, 3.63) is 58.9 Å². The van der Waals surface area contributed by atoms with Crippen LogP contribution in [0.5, 0.6) is 11.5 Å². The van der Waals surface area contributed by atoms with Gasteiger partial charge in [-0.3, -0.25) is 4.90 Å². The second kappa shape index (κ2) is 8.05. The van der Waals surface area contributed by atoms with E-state index in [0.29, 0.717) is 25.2 Å². The Hall–Kier alpha value is -2.20. The number of fused-ring (bicyclic) bond motifs is 2. The van der Waals surface area contributed by atoms with Crippen LogP contribution in [0.3, 0.4) is 0 Å². The maximum atomic E-state index is 13.9. The Balaban J connectivity index is 1.36. The van der Waals surface area contributed by atoms with Gasteiger partial charge in [-0.15, -0.1) is 0 Å². The van der Waals surface area contributed by atoms with Crippen molar-refractivity contribution in [2.75, 3.05) is 32.2 Å². The minimum Gasteiger partial charge on any atom is -0.454 e. The summed E-state index contributed by atoms with van der Waals surface area (Å²) in [5, 5.41) is 0. The lowest BCUT2D eigenvalue weighted by Gasteiger charge is -2.28. The third kappa shape index (κ3) is 4.27. The number of hydrogen-bond donors (Lipinski definition) is 0. The molecule has 5 rings (SSSR count). The average Bonchev–Trinajstić information content (AvgIpc) is 3.29. The summed E-state index contributed by atoms with van der Waals surface area (Å²) in [7, 11) is -3.52. The van der Waals surface area contributed by atoms with Gasteiger partial charge in [-0.1, -0.05) is 12.1 Å². The predicted octanol–water partition coefficient (Wildman–Crippen LogP) is 2.28. The number of ether oxygens (including phenoxy) is 3. The SMILES string of the molecule is Cc1cc(F)cc(CN2[C@@H]3CN(Cc4ccc5c(c4)OCO5)C[C@@H]3OCCS2(=O)=O)c1. The molecule has 0 bridgehead atoms. The van der Waals surface area contributed by atoms with E-state index in [1.807, 2.05) is 24.3 Å². The van der Waals surface area contributed by atoms with Gasteiger partial charge in [-0.25, -0.2) is 12.8 Å². The molecule has 0 radical (unpaired) electrons. The molecule has 9 heteroatoms. The highest BCUT2D eigenvalue weighted by molar-refractivity contribution is 7.89. The lowest BCUT2D eigenvalue weighted by molar-refractivity contribution is 0.0458. The predicted molar refractivity (Wildman–Crippen MR) is 112 cm³/mol. The highest BCUT2D eigenvalue weighted by Gasteiger charge is 2.44. The van der Waals surface area contributed by atoms with E-state index in [2.05, 4.69) is 4.90 Å². The van der Waals surface area contributed by atoms with Crippen LogP contribution in [-0.2, 0) is 27.8 Å². The molecule has 2 atom stereocenters. The van der Waals surface area contributed by atoms with Crippen LogP contribution < -0.4 is 9.47 Å². The summed E-state index contributed by atoms with van der Waals surface area (Å²) in [6, 6.07) is 10.2. The molecule has 3 aliphatic rings. The first-order valence-electron chi connectivity index (χ1n) is 10.4. The molecule has 166 valence electrons. The summed E-state index contributed by atoms with van der Waals surface area (Å²) in [6.45, 7) is 4.17. The van der Waals surface area contributed by atoms with Gasteiger partial charge in [-0.05, 0) is 47.9 Å². The molecule has 2 aromatic rings. The molecule has 0 unspecified atom stereocenters. The van der Waals surface area contributed by atoms with Crippen molar-refractivity contribution in [2.24, 2.45) is 0 Å². The zero-order chi connectivity index (χ0) is 21.6. The second-order valence-corrected chi connectivity index (χ2v) is 10.4. The van der Waals surface area contributed by atoms with E-state index in [9.17, 15) is 12.8 Å². The Morgan fingerprint density at radius 3 is 2.71 bits per heavy atom. The fourth-order valence-corrected chi connectivity index (χ4v) is 6.13.